The SMILES string of the molecule is CCCCCCCCC(=O)C1CCC(CCC)CC1. The first-order valence-corrected chi connectivity index (χ1v) is 8.80. The molecule has 0 atom stereocenters. The van der Waals surface area contributed by atoms with Gasteiger partial charge in [-0.25, -0.2) is 0 Å². The molecule has 1 aliphatic rings. The number of Topliss-reactive ketones (excluding diaryl/α,β-unsaturated/α-hetero) is 1. The Kier molecular flexibility index (Phi) is 9.20. The molecule has 0 unspecified atom stereocenters. The van der Waals surface area contributed by atoms with E-state index in [0.717, 1.165) is 18.8 Å². The summed E-state index contributed by atoms with van der Waals surface area (Å²) in [6, 6.07) is 0. The number of ketones is 1. The molecule has 1 aliphatic carbocycles. The number of carbonyl (C=O) groups excluding carboxylic acids is 1. The van der Waals surface area contributed by atoms with Crippen molar-refractivity contribution in [1.29, 1.82) is 0 Å². The second-order valence-electron chi connectivity index (χ2n) is 6.49. The molecule has 0 saturated heterocycles. The van der Waals surface area contributed by atoms with Gasteiger partial charge in [-0.1, -0.05) is 58.8 Å². The summed E-state index contributed by atoms with van der Waals surface area (Å²) in [5, 5.41) is 0. The van der Waals surface area contributed by atoms with Crippen molar-refractivity contribution < 1.29 is 4.79 Å². The number of hydrogen-bond donors (Lipinski definition) is 0. The van der Waals surface area contributed by atoms with Crippen molar-refractivity contribution in [1.82, 2.24) is 0 Å². The van der Waals surface area contributed by atoms with Gasteiger partial charge in [0, 0.05) is 12.3 Å². The Morgan fingerprint density at radius 3 is 2.11 bits per heavy atom. The smallest absolute Gasteiger partial charge is 0.135 e. The lowest BCUT2D eigenvalue weighted by atomic mass is 9.77. The van der Waals surface area contributed by atoms with Crippen molar-refractivity contribution in [3.05, 3.63) is 0 Å². The fourth-order valence-electron chi connectivity index (χ4n) is 3.47. The summed E-state index contributed by atoms with van der Waals surface area (Å²) in [6.07, 6.45) is 16.2. The summed E-state index contributed by atoms with van der Waals surface area (Å²) in [5.74, 6) is 1.91. The number of hydrogen-bond acceptors (Lipinski definition) is 1. The number of unbranched alkanes of at least 4 members (excludes halogenated alkanes) is 5. The molecule has 19 heavy (non-hydrogen) atoms. The first kappa shape index (κ1) is 16.7. The maximum Gasteiger partial charge on any atom is 0.135 e. The molecule has 1 nitrogen and oxygen atoms in total. The summed E-state index contributed by atoms with van der Waals surface area (Å²) in [5.41, 5.74) is 0. The number of carbonyl (C=O) groups is 1. The Bertz CT molecular complexity index is 226. The first-order chi connectivity index (χ1) is 9.27. The minimum atomic E-state index is 0.420. The van der Waals surface area contributed by atoms with E-state index < -0.39 is 0 Å². The summed E-state index contributed by atoms with van der Waals surface area (Å²) in [4.78, 5) is 12.2. The molecule has 0 amide bonds. The highest BCUT2D eigenvalue weighted by atomic mass is 16.1. The Balaban J connectivity index is 2.04. The minimum Gasteiger partial charge on any atom is -0.299 e. The predicted octanol–water partition coefficient (Wildman–Crippen LogP) is 5.91. The topological polar surface area (TPSA) is 17.1 Å². The fourth-order valence-corrected chi connectivity index (χ4v) is 3.47. The molecule has 0 heterocycles. The van der Waals surface area contributed by atoms with Gasteiger partial charge in [-0.15, -0.1) is 0 Å². The van der Waals surface area contributed by atoms with Crippen molar-refractivity contribution in [3.8, 4) is 0 Å². The lowest BCUT2D eigenvalue weighted by Crippen LogP contribution is -2.21. The molecule has 1 saturated carbocycles. The van der Waals surface area contributed by atoms with Crippen molar-refractivity contribution in [2.75, 3.05) is 0 Å². The van der Waals surface area contributed by atoms with Gasteiger partial charge in [0.25, 0.3) is 0 Å². The highest BCUT2D eigenvalue weighted by Crippen LogP contribution is 2.32. The van der Waals surface area contributed by atoms with Crippen LogP contribution in [0.4, 0.5) is 0 Å². The summed E-state index contributed by atoms with van der Waals surface area (Å²) in [7, 11) is 0. The normalized spacial score (nSPS) is 23.5. The summed E-state index contributed by atoms with van der Waals surface area (Å²) < 4.78 is 0. The Morgan fingerprint density at radius 1 is 0.842 bits per heavy atom. The molecule has 0 spiro atoms. The van der Waals surface area contributed by atoms with Crippen LogP contribution >= 0.6 is 0 Å². The van der Waals surface area contributed by atoms with E-state index in [9.17, 15) is 4.79 Å². The Morgan fingerprint density at radius 2 is 1.47 bits per heavy atom. The van der Waals surface area contributed by atoms with Gasteiger partial charge in [0.15, 0.2) is 0 Å². The van der Waals surface area contributed by atoms with Crippen molar-refractivity contribution in [2.45, 2.75) is 97.3 Å². The van der Waals surface area contributed by atoms with Crippen molar-refractivity contribution in [2.24, 2.45) is 11.8 Å². The molecule has 1 heteroatoms. The van der Waals surface area contributed by atoms with Gasteiger partial charge < -0.3 is 0 Å². The lowest BCUT2D eigenvalue weighted by Gasteiger charge is -2.27. The van der Waals surface area contributed by atoms with Crippen LogP contribution in [0, 0.1) is 11.8 Å². The molecular formula is C18H34O. The molecule has 0 aliphatic heterocycles. The molecule has 0 aromatic heterocycles. The van der Waals surface area contributed by atoms with E-state index in [1.165, 1.54) is 70.6 Å². The molecule has 0 bridgehead atoms. The van der Waals surface area contributed by atoms with Gasteiger partial charge in [0.1, 0.15) is 5.78 Å². The quantitative estimate of drug-likeness (QED) is 0.449. The van der Waals surface area contributed by atoms with E-state index in [1.807, 2.05) is 0 Å². The van der Waals surface area contributed by atoms with Crippen molar-refractivity contribution >= 4 is 5.78 Å². The average molecular weight is 266 g/mol. The average Bonchev–Trinajstić information content (AvgIpc) is 2.43. The molecule has 0 aromatic carbocycles. The summed E-state index contributed by atoms with van der Waals surface area (Å²) in [6.45, 7) is 4.52. The van der Waals surface area contributed by atoms with Crippen molar-refractivity contribution in [3.63, 3.8) is 0 Å². The maximum atomic E-state index is 12.2. The molecule has 1 rings (SSSR count). The van der Waals surface area contributed by atoms with Gasteiger partial charge >= 0.3 is 0 Å². The van der Waals surface area contributed by atoms with Crippen LogP contribution < -0.4 is 0 Å². The second-order valence-corrected chi connectivity index (χ2v) is 6.49. The molecule has 0 N–H and O–H groups in total. The zero-order valence-electron chi connectivity index (χ0n) is 13.3. The van der Waals surface area contributed by atoms with Gasteiger partial charge in [-0.05, 0) is 38.0 Å². The van der Waals surface area contributed by atoms with E-state index in [1.54, 1.807) is 0 Å². The van der Waals surface area contributed by atoms with E-state index in [4.69, 9.17) is 0 Å². The number of rotatable bonds is 10. The molecular weight excluding hydrogens is 232 g/mol. The van der Waals surface area contributed by atoms with Gasteiger partial charge in [-0.2, -0.15) is 0 Å². The zero-order valence-corrected chi connectivity index (χ0v) is 13.3. The largest absolute Gasteiger partial charge is 0.299 e. The van der Waals surface area contributed by atoms with Crippen LogP contribution in [0.15, 0.2) is 0 Å². The highest BCUT2D eigenvalue weighted by Gasteiger charge is 2.25. The van der Waals surface area contributed by atoms with Gasteiger partial charge in [-0.3, -0.25) is 4.79 Å². The first-order valence-electron chi connectivity index (χ1n) is 8.80. The predicted molar refractivity (Wildman–Crippen MR) is 83.4 cm³/mol. The van der Waals surface area contributed by atoms with Crippen LogP contribution in [0.5, 0.6) is 0 Å². The van der Waals surface area contributed by atoms with E-state index in [2.05, 4.69) is 13.8 Å². The molecule has 0 radical (unpaired) electrons. The monoisotopic (exact) mass is 266 g/mol. The zero-order chi connectivity index (χ0) is 13.9. The Hall–Kier alpha value is -0.330. The van der Waals surface area contributed by atoms with E-state index >= 15 is 0 Å². The van der Waals surface area contributed by atoms with E-state index in [0.29, 0.717) is 11.7 Å². The lowest BCUT2D eigenvalue weighted by molar-refractivity contribution is -0.124. The van der Waals surface area contributed by atoms with Crippen LogP contribution in [0.2, 0.25) is 0 Å². The highest BCUT2D eigenvalue weighted by molar-refractivity contribution is 5.81. The third-order valence-corrected chi connectivity index (χ3v) is 4.78. The maximum absolute atomic E-state index is 12.2. The third kappa shape index (κ3) is 7.13. The molecule has 1 fully saturated rings. The molecule has 112 valence electrons. The summed E-state index contributed by atoms with van der Waals surface area (Å²) >= 11 is 0. The van der Waals surface area contributed by atoms with Crippen LogP contribution in [0.1, 0.15) is 97.3 Å². The minimum absolute atomic E-state index is 0.420. The van der Waals surface area contributed by atoms with Crippen LogP contribution in [0.3, 0.4) is 0 Å². The van der Waals surface area contributed by atoms with Gasteiger partial charge in [0.05, 0.1) is 0 Å². The third-order valence-electron chi connectivity index (χ3n) is 4.78. The van der Waals surface area contributed by atoms with Crippen LogP contribution in [0.25, 0.3) is 0 Å². The van der Waals surface area contributed by atoms with E-state index in [-0.39, 0.29) is 0 Å². The fraction of sp³-hybridized carbons (Fsp3) is 0.944. The Labute approximate surface area is 120 Å². The van der Waals surface area contributed by atoms with Gasteiger partial charge in [0.2, 0.25) is 0 Å². The van der Waals surface area contributed by atoms with Crippen LogP contribution in [-0.4, -0.2) is 5.78 Å². The van der Waals surface area contributed by atoms with Crippen LogP contribution in [-0.2, 0) is 4.79 Å². The second kappa shape index (κ2) is 10.5. The molecule has 0 aromatic rings. The standard InChI is InChI=1S/C18H34O/c1-3-5-6-7-8-9-11-18(19)17-14-12-16(10-4-2)13-15-17/h16-17H,3-15H2,1-2H3.